The first-order valence-corrected chi connectivity index (χ1v) is 3.92. The zero-order valence-corrected chi connectivity index (χ0v) is 6.86. The van der Waals surface area contributed by atoms with E-state index in [4.69, 9.17) is 4.74 Å². The van der Waals surface area contributed by atoms with Crippen LogP contribution in [0, 0.1) is 5.92 Å². The first-order chi connectivity index (χ1) is 5.34. The summed E-state index contributed by atoms with van der Waals surface area (Å²) in [5.74, 6) is 0.486. The molecule has 0 amide bonds. The molecule has 0 aromatic rings. The number of rotatable bonds is 3. The number of allylic oxidation sites excluding steroid dienone is 2. The van der Waals surface area contributed by atoms with Crippen molar-refractivity contribution in [2.45, 2.75) is 13.0 Å². The largest absolute Gasteiger partial charge is 0.370 e. The highest BCUT2D eigenvalue weighted by Gasteiger charge is 2.12. The van der Waals surface area contributed by atoms with Crippen molar-refractivity contribution in [1.29, 1.82) is 0 Å². The van der Waals surface area contributed by atoms with Crippen LogP contribution in [0.25, 0.3) is 0 Å². The van der Waals surface area contributed by atoms with Gasteiger partial charge >= 0.3 is 0 Å². The van der Waals surface area contributed by atoms with Gasteiger partial charge in [0.05, 0.1) is 12.7 Å². The van der Waals surface area contributed by atoms with E-state index in [-0.39, 0.29) is 6.10 Å². The maximum absolute atomic E-state index is 5.49. The summed E-state index contributed by atoms with van der Waals surface area (Å²) in [5, 5.41) is 0. The molecule has 0 heterocycles. The maximum Gasteiger partial charge on any atom is 0.0823 e. The van der Waals surface area contributed by atoms with E-state index in [2.05, 4.69) is 31.7 Å². The molecule has 1 aliphatic carbocycles. The van der Waals surface area contributed by atoms with Crippen molar-refractivity contribution in [3.8, 4) is 0 Å². The predicted molar refractivity (Wildman–Crippen MR) is 47.4 cm³/mol. The topological polar surface area (TPSA) is 9.23 Å². The normalized spacial score (nSPS) is 28.8. The second kappa shape index (κ2) is 4.14. The summed E-state index contributed by atoms with van der Waals surface area (Å²) in [7, 11) is 0. The molecule has 0 aromatic heterocycles. The fraction of sp³-hybridized carbons (Fsp3) is 0.400. The smallest absolute Gasteiger partial charge is 0.0823 e. The summed E-state index contributed by atoms with van der Waals surface area (Å²) in [5.41, 5.74) is 0. The van der Waals surface area contributed by atoms with Crippen LogP contribution in [-0.4, -0.2) is 12.7 Å². The van der Waals surface area contributed by atoms with Crippen molar-refractivity contribution >= 4 is 0 Å². The molecular weight excluding hydrogens is 136 g/mol. The molecule has 0 saturated carbocycles. The van der Waals surface area contributed by atoms with Gasteiger partial charge in [0, 0.05) is 5.92 Å². The number of ether oxygens (including phenoxy) is 1. The van der Waals surface area contributed by atoms with Crippen molar-refractivity contribution in [3.05, 3.63) is 37.0 Å². The molecule has 0 N–H and O–H groups in total. The first kappa shape index (κ1) is 8.28. The third-order valence-corrected chi connectivity index (χ3v) is 1.75. The van der Waals surface area contributed by atoms with Gasteiger partial charge in [0.1, 0.15) is 0 Å². The molecule has 0 bridgehead atoms. The van der Waals surface area contributed by atoms with E-state index in [0.717, 1.165) is 0 Å². The maximum atomic E-state index is 5.49. The van der Waals surface area contributed by atoms with Crippen molar-refractivity contribution in [2.75, 3.05) is 6.61 Å². The van der Waals surface area contributed by atoms with Crippen LogP contribution < -0.4 is 0 Å². The van der Waals surface area contributed by atoms with Crippen molar-refractivity contribution in [1.82, 2.24) is 0 Å². The Hall–Kier alpha value is -0.820. The van der Waals surface area contributed by atoms with Gasteiger partial charge in [-0.3, -0.25) is 0 Å². The second-order valence-electron chi connectivity index (χ2n) is 2.72. The molecule has 0 spiro atoms. The van der Waals surface area contributed by atoms with Gasteiger partial charge in [-0.15, -0.1) is 6.58 Å². The first-order valence-electron chi connectivity index (χ1n) is 3.92. The van der Waals surface area contributed by atoms with Gasteiger partial charge in [-0.25, -0.2) is 0 Å². The molecule has 0 aliphatic heterocycles. The van der Waals surface area contributed by atoms with Crippen LogP contribution in [0.4, 0.5) is 0 Å². The molecule has 0 fully saturated rings. The summed E-state index contributed by atoms with van der Waals surface area (Å²) >= 11 is 0. The van der Waals surface area contributed by atoms with Gasteiger partial charge in [-0.2, -0.15) is 0 Å². The SMILES string of the molecule is C=CCOC1C=CC=CC1C. The van der Waals surface area contributed by atoms with E-state index in [1.165, 1.54) is 0 Å². The molecule has 0 saturated heterocycles. The van der Waals surface area contributed by atoms with E-state index < -0.39 is 0 Å². The average Bonchev–Trinajstić information content (AvgIpc) is 2.03. The zero-order valence-electron chi connectivity index (χ0n) is 6.86. The number of hydrogen-bond donors (Lipinski definition) is 0. The Balaban J connectivity index is 2.38. The monoisotopic (exact) mass is 150 g/mol. The third kappa shape index (κ3) is 2.35. The lowest BCUT2D eigenvalue weighted by Gasteiger charge is -2.19. The minimum absolute atomic E-state index is 0.234. The third-order valence-electron chi connectivity index (χ3n) is 1.75. The Bertz CT molecular complexity index is 179. The highest BCUT2D eigenvalue weighted by atomic mass is 16.5. The van der Waals surface area contributed by atoms with Crippen LogP contribution in [0.2, 0.25) is 0 Å². The van der Waals surface area contributed by atoms with Crippen molar-refractivity contribution in [2.24, 2.45) is 5.92 Å². The molecule has 1 rings (SSSR count). The van der Waals surface area contributed by atoms with E-state index >= 15 is 0 Å². The lowest BCUT2D eigenvalue weighted by atomic mass is 10.00. The molecule has 2 atom stereocenters. The van der Waals surface area contributed by atoms with Crippen LogP contribution in [0.3, 0.4) is 0 Å². The van der Waals surface area contributed by atoms with Crippen molar-refractivity contribution < 1.29 is 4.74 Å². The summed E-state index contributed by atoms with van der Waals surface area (Å²) in [6, 6.07) is 0. The molecule has 11 heavy (non-hydrogen) atoms. The van der Waals surface area contributed by atoms with Gasteiger partial charge in [0.2, 0.25) is 0 Å². The molecule has 1 aliphatic rings. The van der Waals surface area contributed by atoms with Crippen LogP contribution in [-0.2, 0) is 4.74 Å². The van der Waals surface area contributed by atoms with E-state index in [9.17, 15) is 0 Å². The van der Waals surface area contributed by atoms with E-state index in [1.54, 1.807) is 6.08 Å². The Morgan fingerprint density at radius 1 is 1.45 bits per heavy atom. The minimum atomic E-state index is 0.234. The standard InChI is InChI=1S/C10H14O/c1-3-8-11-10-7-5-4-6-9(10)2/h3-7,9-10H,1,8H2,2H3. The molecular formula is C10H14O. The molecule has 0 aromatic carbocycles. The Morgan fingerprint density at radius 3 is 2.82 bits per heavy atom. The Kier molecular flexibility index (Phi) is 3.12. The minimum Gasteiger partial charge on any atom is -0.370 e. The van der Waals surface area contributed by atoms with E-state index in [1.807, 2.05) is 6.08 Å². The van der Waals surface area contributed by atoms with Crippen LogP contribution in [0.15, 0.2) is 37.0 Å². The predicted octanol–water partition coefficient (Wildman–Crippen LogP) is 2.32. The highest BCUT2D eigenvalue weighted by molar-refractivity contribution is 5.14. The summed E-state index contributed by atoms with van der Waals surface area (Å²) in [4.78, 5) is 0. The Morgan fingerprint density at radius 2 is 2.18 bits per heavy atom. The van der Waals surface area contributed by atoms with Crippen LogP contribution in [0.5, 0.6) is 0 Å². The lowest BCUT2D eigenvalue weighted by molar-refractivity contribution is 0.0833. The average molecular weight is 150 g/mol. The second-order valence-corrected chi connectivity index (χ2v) is 2.72. The summed E-state index contributed by atoms with van der Waals surface area (Å²) in [6.45, 7) is 6.38. The van der Waals surface area contributed by atoms with Gasteiger partial charge in [0.15, 0.2) is 0 Å². The molecule has 60 valence electrons. The molecule has 2 unspecified atom stereocenters. The van der Waals surface area contributed by atoms with Gasteiger partial charge in [0.25, 0.3) is 0 Å². The Labute approximate surface area is 68.1 Å². The van der Waals surface area contributed by atoms with Gasteiger partial charge in [-0.05, 0) is 0 Å². The fourth-order valence-corrected chi connectivity index (χ4v) is 1.08. The van der Waals surface area contributed by atoms with Crippen molar-refractivity contribution in [3.63, 3.8) is 0 Å². The van der Waals surface area contributed by atoms with Gasteiger partial charge in [-0.1, -0.05) is 37.3 Å². The molecule has 1 nitrogen and oxygen atoms in total. The molecule has 1 heteroatoms. The summed E-state index contributed by atoms with van der Waals surface area (Å²) < 4.78 is 5.49. The quantitative estimate of drug-likeness (QED) is 0.561. The van der Waals surface area contributed by atoms with E-state index in [0.29, 0.717) is 12.5 Å². The summed E-state index contributed by atoms with van der Waals surface area (Å²) in [6.07, 6.45) is 10.3. The highest BCUT2D eigenvalue weighted by Crippen LogP contribution is 2.14. The fourth-order valence-electron chi connectivity index (χ4n) is 1.08. The van der Waals surface area contributed by atoms with Gasteiger partial charge < -0.3 is 4.74 Å². The van der Waals surface area contributed by atoms with Crippen LogP contribution >= 0.6 is 0 Å². The number of hydrogen-bond acceptors (Lipinski definition) is 1. The molecule has 0 radical (unpaired) electrons. The lowest BCUT2D eigenvalue weighted by Crippen LogP contribution is -2.19. The zero-order chi connectivity index (χ0) is 8.10. The van der Waals surface area contributed by atoms with Crippen LogP contribution in [0.1, 0.15) is 6.92 Å².